The van der Waals surface area contributed by atoms with Crippen LogP contribution in [0.1, 0.15) is 58.3 Å². The van der Waals surface area contributed by atoms with Gasteiger partial charge in [-0.25, -0.2) is 4.98 Å². The maximum absolute atomic E-state index is 11.6. The fourth-order valence-corrected chi connectivity index (χ4v) is 3.94. The van der Waals surface area contributed by atoms with Crippen LogP contribution in [0, 0.1) is 0 Å². The van der Waals surface area contributed by atoms with E-state index in [1.807, 2.05) is 19.1 Å². The van der Waals surface area contributed by atoms with Gasteiger partial charge in [-0.1, -0.05) is 74.0 Å². The van der Waals surface area contributed by atoms with Crippen LogP contribution >= 0.6 is 0 Å². The molecule has 0 aliphatic carbocycles. The smallest absolute Gasteiger partial charge is 0.305 e. The number of carbonyl (C=O) groups excluding carboxylic acids is 1. The van der Waals surface area contributed by atoms with Crippen molar-refractivity contribution in [3.8, 4) is 22.5 Å². The predicted molar refractivity (Wildman–Crippen MR) is 122 cm³/mol. The first-order chi connectivity index (χ1) is 14.7. The van der Waals surface area contributed by atoms with E-state index in [4.69, 9.17) is 9.72 Å². The third-order valence-corrected chi connectivity index (χ3v) is 5.39. The Hall–Kier alpha value is -2.88. The minimum Gasteiger partial charge on any atom is -0.466 e. The lowest BCUT2D eigenvalue weighted by Crippen LogP contribution is -2.11. The maximum Gasteiger partial charge on any atom is 0.305 e. The largest absolute Gasteiger partial charge is 0.466 e. The van der Waals surface area contributed by atoms with Crippen LogP contribution in [0.4, 0.5) is 0 Å². The standard InChI is InChI=1S/C26H32N2O2/c1-4-23-27-25(21-15-8-6-9-16-21)26(22-17-10-7-11-18-22)28(23)20(3)14-12-13-19-24(29)30-5-2/h6-11,15-18,20H,4-5,12-14,19H2,1-3H3. The van der Waals surface area contributed by atoms with Crippen molar-refractivity contribution in [1.29, 1.82) is 0 Å². The van der Waals surface area contributed by atoms with E-state index >= 15 is 0 Å². The number of aryl methyl sites for hydroxylation is 1. The number of carbonyl (C=O) groups is 1. The lowest BCUT2D eigenvalue weighted by Gasteiger charge is -2.20. The van der Waals surface area contributed by atoms with Crippen molar-refractivity contribution in [3.05, 3.63) is 66.5 Å². The molecular weight excluding hydrogens is 372 g/mol. The van der Waals surface area contributed by atoms with Crippen LogP contribution in [-0.4, -0.2) is 22.1 Å². The average Bonchev–Trinajstić information content (AvgIpc) is 3.18. The van der Waals surface area contributed by atoms with Gasteiger partial charge < -0.3 is 9.30 Å². The van der Waals surface area contributed by atoms with Crippen LogP contribution in [-0.2, 0) is 16.0 Å². The van der Waals surface area contributed by atoms with Crippen LogP contribution < -0.4 is 0 Å². The van der Waals surface area contributed by atoms with E-state index in [-0.39, 0.29) is 5.97 Å². The molecule has 4 nitrogen and oxygen atoms in total. The Bertz CT molecular complexity index is 932. The number of benzene rings is 2. The molecule has 3 rings (SSSR count). The predicted octanol–water partition coefficient (Wildman–Crippen LogP) is 6.46. The minimum atomic E-state index is -0.0987. The highest BCUT2D eigenvalue weighted by Gasteiger charge is 2.22. The average molecular weight is 405 g/mol. The molecule has 0 aliphatic rings. The fraction of sp³-hybridized carbons (Fsp3) is 0.385. The van der Waals surface area contributed by atoms with E-state index in [0.717, 1.165) is 42.8 Å². The first-order valence-corrected chi connectivity index (χ1v) is 11.0. The van der Waals surface area contributed by atoms with Crippen LogP contribution in [0.15, 0.2) is 60.7 Å². The summed E-state index contributed by atoms with van der Waals surface area (Å²) in [7, 11) is 0. The van der Waals surface area contributed by atoms with E-state index < -0.39 is 0 Å². The van der Waals surface area contributed by atoms with Crippen molar-refractivity contribution in [2.75, 3.05) is 6.61 Å². The Morgan fingerprint density at radius 3 is 2.20 bits per heavy atom. The number of esters is 1. The van der Waals surface area contributed by atoms with Gasteiger partial charge in [-0.05, 0) is 26.7 Å². The van der Waals surface area contributed by atoms with Crippen LogP contribution in [0.2, 0.25) is 0 Å². The lowest BCUT2D eigenvalue weighted by molar-refractivity contribution is -0.143. The van der Waals surface area contributed by atoms with E-state index in [1.165, 1.54) is 11.3 Å². The third-order valence-electron chi connectivity index (χ3n) is 5.39. The SMILES string of the molecule is CCOC(=O)CCCCC(C)n1c(CC)nc(-c2ccccc2)c1-c1ccccc1. The molecule has 0 radical (unpaired) electrons. The topological polar surface area (TPSA) is 44.1 Å². The van der Waals surface area contributed by atoms with Crippen LogP contribution in [0.5, 0.6) is 0 Å². The highest BCUT2D eigenvalue weighted by atomic mass is 16.5. The zero-order valence-electron chi connectivity index (χ0n) is 18.3. The van der Waals surface area contributed by atoms with Gasteiger partial charge in [-0.15, -0.1) is 0 Å². The molecule has 3 aromatic rings. The molecule has 0 bridgehead atoms. The summed E-state index contributed by atoms with van der Waals surface area (Å²) in [5, 5.41) is 0. The van der Waals surface area contributed by atoms with E-state index in [2.05, 4.69) is 66.9 Å². The maximum atomic E-state index is 11.6. The Kier molecular flexibility index (Phi) is 7.83. The fourth-order valence-electron chi connectivity index (χ4n) is 3.94. The van der Waals surface area contributed by atoms with Crippen LogP contribution in [0.3, 0.4) is 0 Å². The summed E-state index contributed by atoms with van der Waals surface area (Å²) in [6, 6.07) is 21.2. The molecule has 1 atom stereocenters. The van der Waals surface area contributed by atoms with Gasteiger partial charge in [0.2, 0.25) is 0 Å². The number of unbranched alkanes of at least 4 members (excludes halogenated alkanes) is 1. The Balaban J connectivity index is 1.91. The summed E-state index contributed by atoms with van der Waals surface area (Å²) in [6.45, 7) is 6.72. The second kappa shape index (κ2) is 10.8. The zero-order chi connectivity index (χ0) is 21.3. The number of ether oxygens (including phenoxy) is 1. The number of nitrogens with zero attached hydrogens (tertiary/aromatic N) is 2. The van der Waals surface area contributed by atoms with Crippen molar-refractivity contribution < 1.29 is 9.53 Å². The summed E-state index contributed by atoms with van der Waals surface area (Å²) in [4.78, 5) is 16.7. The summed E-state index contributed by atoms with van der Waals surface area (Å²) in [5.41, 5.74) is 4.54. The molecular formula is C26H32N2O2. The van der Waals surface area contributed by atoms with E-state index in [0.29, 0.717) is 19.1 Å². The monoisotopic (exact) mass is 404 g/mol. The summed E-state index contributed by atoms with van der Waals surface area (Å²) in [5.74, 6) is 1.00. The summed E-state index contributed by atoms with van der Waals surface area (Å²) >= 11 is 0. The number of hydrogen-bond acceptors (Lipinski definition) is 3. The van der Waals surface area contributed by atoms with Crippen molar-refractivity contribution in [3.63, 3.8) is 0 Å². The Morgan fingerprint density at radius 1 is 0.967 bits per heavy atom. The third kappa shape index (κ3) is 5.18. The molecule has 1 unspecified atom stereocenters. The number of rotatable bonds is 10. The summed E-state index contributed by atoms with van der Waals surface area (Å²) < 4.78 is 7.45. The molecule has 1 aromatic heterocycles. The Morgan fingerprint density at radius 2 is 1.60 bits per heavy atom. The van der Waals surface area contributed by atoms with Gasteiger partial charge in [0.1, 0.15) is 5.82 Å². The summed E-state index contributed by atoms with van der Waals surface area (Å²) in [6.07, 6.45) is 4.20. The number of hydrogen-bond donors (Lipinski definition) is 0. The van der Waals surface area contributed by atoms with E-state index in [1.54, 1.807) is 0 Å². The molecule has 2 aromatic carbocycles. The van der Waals surface area contributed by atoms with Gasteiger partial charge in [0.05, 0.1) is 18.0 Å². The van der Waals surface area contributed by atoms with Gasteiger partial charge in [0, 0.05) is 30.0 Å². The van der Waals surface area contributed by atoms with Crippen molar-refractivity contribution in [2.45, 2.75) is 58.9 Å². The van der Waals surface area contributed by atoms with Crippen molar-refractivity contribution in [2.24, 2.45) is 0 Å². The van der Waals surface area contributed by atoms with Gasteiger partial charge in [-0.3, -0.25) is 4.79 Å². The second-order valence-electron chi connectivity index (χ2n) is 7.58. The molecule has 0 fully saturated rings. The van der Waals surface area contributed by atoms with Gasteiger partial charge in [-0.2, -0.15) is 0 Å². The lowest BCUT2D eigenvalue weighted by atomic mass is 10.0. The van der Waals surface area contributed by atoms with E-state index in [9.17, 15) is 4.79 Å². The highest BCUT2D eigenvalue weighted by molar-refractivity contribution is 5.79. The van der Waals surface area contributed by atoms with Gasteiger partial charge in [0.25, 0.3) is 0 Å². The van der Waals surface area contributed by atoms with Gasteiger partial charge >= 0.3 is 5.97 Å². The van der Waals surface area contributed by atoms with Crippen molar-refractivity contribution >= 4 is 5.97 Å². The molecule has 0 aliphatic heterocycles. The molecule has 0 spiro atoms. The zero-order valence-corrected chi connectivity index (χ0v) is 18.3. The molecule has 0 N–H and O–H groups in total. The van der Waals surface area contributed by atoms with Crippen LogP contribution in [0.25, 0.3) is 22.5 Å². The first kappa shape index (κ1) is 21.8. The second-order valence-corrected chi connectivity index (χ2v) is 7.58. The Labute approximate surface area is 179 Å². The molecule has 4 heteroatoms. The number of imidazole rings is 1. The number of aromatic nitrogens is 2. The normalized spacial score (nSPS) is 12.0. The van der Waals surface area contributed by atoms with Gasteiger partial charge in [0.15, 0.2) is 0 Å². The van der Waals surface area contributed by atoms with Crippen molar-refractivity contribution in [1.82, 2.24) is 9.55 Å². The quantitative estimate of drug-likeness (QED) is 0.287. The molecule has 30 heavy (non-hydrogen) atoms. The molecule has 0 saturated heterocycles. The minimum absolute atomic E-state index is 0.0987. The molecule has 1 heterocycles. The highest BCUT2D eigenvalue weighted by Crippen LogP contribution is 2.36. The molecule has 0 saturated carbocycles. The molecule has 158 valence electrons. The first-order valence-electron chi connectivity index (χ1n) is 11.0. The molecule has 0 amide bonds.